The van der Waals surface area contributed by atoms with Crippen LogP contribution in [0.1, 0.15) is 50.7 Å². The first-order valence-corrected chi connectivity index (χ1v) is 8.52. The van der Waals surface area contributed by atoms with Crippen LogP contribution in [0.15, 0.2) is 10.5 Å². The number of nitrogens with one attached hydrogen (secondary N) is 1. The maximum atomic E-state index is 12.4. The van der Waals surface area contributed by atoms with Crippen LogP contribution >= 0.6 is 0 Å². The number of hydrogen-bond acceptors (Lipinski definition) is 4. The number of carbonyl (C=O) groups excluding carboxylic acids is 1. The fraction of sp³-hybridized carbons (Fsp3) is 0.722. The summed E-state index contributed by atoms with van der Waals surface area (Å²) >= 11 is 0. The van der Waals surface area contributed by atoms with Gasteiger partial charge < -0.3 is 19.7 Å². The summed E-state index contributed by atoms with van der Waals surface area (Å²) in [5.41, 5.74) is -0.374. The first-order valence-electron chi connectivity index (χ1n) is 8.52. The van der Waals surface area contributed by atoms with Gasteiger partial charge in [-0.2, -0.15) is 0 Å². The maximum Gasteiger partial charge on any atom is 0.223 e. The van der Waals surface area contributed by atoms with E-state index in [9.17, 15) is 9.90 Å². The monoisotopic (exact) mass is 322 g/mol. The van der Waals surface area contributed by atoms with Crippen molar-refractivity contribution < 1.29 is 14.3 Å². The number of hydrogen-bond donors (Lipinski definition) is 2. The molecule has 23 heavy (non-hydrogen) atoms. The van der Waals surface area contributed by atoms with Gasteiger partial charge in [-0.25, -0.2) is 0 Å². The summed E-state index contributed by atoms with van der Waals surface area (Å²) in [6.45, 7) is 11.9. The van der Waals surface area contributed by atoms with Gasteiger partial charge in [0, 0.05) is 17.5 Å². The van der Waals surface area contributed by atoms with Crippen LogP contribution < -0.4 is 5.32 Å². The second kappa shape index (κ2) is 7.05. The number of carbonyl (C=O) groups is 1. The SMILES string of the molecule is Cc1cc(C(C)(O)CNC(=O)C2CCN(C(C)C)CC2)c(C)o1. The normalized spacial score (nSPS) is 19.8. The van der Waals surface area contributed by atoms with Crippen molar-refractivity contribution in [2.75, 3.05) is 19.6 Å². The van der Waals surface area contributed by atoms with Crippen molar-refractivity contribution in [3.63, 3.8) is 0 Å². The molecule has 1 aromatic rings. The van der Waals surface area contributed by atoms with E-state index in [0.717, 1.165) is 37.3 Å². The number of aryl methyl sites for hydroxylation is 2. The molecule has 2 rings (SSSR count). The number of amides is 1. The van der Waals surface area contributed by atoms with Crippen LogP contribution in [-0.4, -0.2) is 41.6 Å². The Labute approximate surface area is 139 Å². The second-order valence-corrected chi connectivity index (χ2v) is 7.22. The van der Waals surface area contributed by atoms with Crippen molar-refractivity contribution in [3.05, 3.63) is 23.2 Å². The molecule has 1 aliphatic heterocycles. The van der Waals surface area contributed by atoms with Gasteiger partial charge >= 0.3 is 0 Å². The lowest BCUT2D eigenvalue weighted by molar-refractivity contribution is -0.127. The van der Waals surface area contributed by atoms with E-state index in [1.54, 1.807) is 6.92 Å². The topological polar surface area (TPSA) is 65.7 Å². The van der Waals surface area contributed by atoms with Crippen molar-refractivity contribution >= 4 is 5.91 Å². The highest BCUT2D eigenvalue weighted by Crippen LogP contribution is 2.27. The maximum absolute atomic E-state index is 12.4. The first kappa shape index (κ1) is 18.0. The van der Waals surface area contributed by atoms with Crippen molar-refractivity contribution in [2.24, 2.45) is 5.92 Å². The number of piperidine rings is 1. The van der Waals surface area contributed by atoms with Gasteiger partial charge in [-0.1, -0.05) is 0 Å². The van der Waals surface area contributed by atoms with Crippen molar-refractivity contribution in [2.45, 2.75) is 59.1 Å². The van der Waals surface area contributed by atoms with Crippen molar-refractivity contribution in [3.8, 4) is 0 Å². The van der Waals surface area contributed by atoms with Crippen LogP contribution in [0.25, 0.3) is 0 Å². The van der Waals surface area contributed by atoms with Gasteiger partial charge in [-0.15, -0.1) is 0 Å². The Morgan fingerprint density at radius 3 is 2.52 bits per heavy atom. The summed E-state index contributed by atoms with van der Waals surface area (Å²) in [7, 11) is 0. The Kier molecular flexibility index (Phi) is 5.53. The molecule has 0 spiro atoms. The van der Waals surface area contributed by atoms with E-state index in [1.165, 1.54) is 0 Å². The highest BCUT2D eigenvalue weighted by atomic mass is 16.3. The number of likely N-dealkylation sites (tertiary alicyclic amines) is 1. The molecule has 2 N–H and O–H groups in total. The summed E-state index contributed by atoms with van der Waals surface area (Å²) in [6.07, 6.45) is 1.77. The van der Waals surface area contributed by atoms with E-state index >= 15 is 0 Å². The van der Waals surface area contributed by atoms with Gasteiger partial charge in [0.1, 0.15) is 17.1 Å². The number of furan rings is 1. The zero-order chi connectivity index (χ0) is 17.2. The van der Waals surface area contributed by atoms with E-state index in [4.69, 9.17) is 4.42 Å². The lowest BCUT2D eigenvalue weighted by Gasteiger charge is -2.34. The molecule has 0 saturated carbocycles. The molecule has 5 nitrogen and oxygen atoms in total. The summed E-state index contributed by atoms with van der Waals surface area (Å²) < 4.78 is 5.48. The fourth-order valence-corrected chi connectivity index (χ4v) is 3.34. The predicted octanol–water partition coefficient (Wildman–Crippen LogP) is 2.34. The molecule has 1 aliphatic rings. The average molecular weight is 322 g/mol. The van der Waals surface area contributed by atoms with E-state index in [-0.39, 0.29) is 18.4 Å². The summed E-state index contributed by atoms with van der Waals surface area (Å²) in [6, 6.07) is 2.37. The van der Waals surface area contributed by atoms with E-state index in [1.807, 2.05) is 19.9 Å². The van der Waals surface area contributed by atoms with Gasteiger partial charge in [0.05, 0.1) is 6.54 Å². The first-order chi connectivity index (χ1) is 10.7. The predicted molar refractivity (Wildman–Crippen MR) is 90.2 cm³/mol. The Morgan fingerprint density at radius 2 is 2.04 bits per heavy atom. The van der Waals surface area contributed by atoms with Gasteiger partial charge in [0.25, 0.3) is 0 Å². The van der Waals surface area contributed by atoms with Crippen LogP contribution in [0.4, 0.5) is 0 Å². The molecule has 2 heterocycles. The number of nitrogens with zero attached hydrogens (tertiary/aromatic N) is 1. The smallest absolute Gasteiger partial charge is 0.223 e. The third-order valence-corrected chi connectivity index (χ3v) is 4.86. The van der Waals surface area contributed by atoms with Crippen molar-refractivity contribution in [1.29, 1.82) is 0 Å². The minimum absolute atomic E-state index is 0.0477. The largest absolute Gasteiger partial charge is 0.466 e. The minimum atomic E-state index is -1.11. The Morgan fingerprint density at radius 1 is 1.43 bits per heavy atom. The quantitative estimate of drug-likeness (QED) is 0.873. The highest BCUT2D eigenvalue weighted by Gasteiger charge is 2.31. The second-order valence-electron chi connectivity index (χ2n) is 7.22. The molecule has 0 aliphatic carbocycles. The summed E-state index contributed by atoms with van der Waals surface area (Å²) in [4.78, 5) is 14.8. The molecule has 0 aromatic carbocycles. The molecule has 0 bridgehead atoms. The molecule has 1 amide bonds. The molecule has 5 heteroatoms. The van der Waals surface area contributed by atoms with Crippen LogP contribution in [-0.2, 0) is 10.4 Å². The molecule has 1 aromatic heterocycles. The third kappa shape index (κ3) is 4.36. The highest BCUT2D eigenvalue weighted by molar-refractivity contribution is 5.78. The Hall–Kier alpha value is -1.33. The molecule has 1 saturated heterocycles. The molecular formula is C18H30N2O3. The molecule has 1 atom stereocenters. The molecule has 1 unspecified atom stereocenters. The van der Waals surface area contributed by atoms with Gasteiger partial charge in [0.2, 0.25) is 5.91 Å². The van der Waals surface area contributed by atoms with E-state index in [0.29, 0.717) is 11.8 Å². The fourth-order valence-electron chi connectivity index (χ4n) is 3.34. The molecular weight excluding hydrogens is 292 g/mol. The van der Waals surface area contributed by atoms with Crippen LogP contribution in [0, 0.1) is 19.8 Å². The summed E-state index contributed by atoms with van der Waals surface area (Å²) in [5, 5.41) is 13.6. The minimum Gasteiger partial charge on any atom is -0.466 e. The summed E-state index contributed by atoms with van der Waals surface area (Å²) in [5.74, 6) is 1.57. The van der Waals surface area contributed by atoms with E-state index < -0.39 is 5.60 Å². The third-order valence-electron chi connectivity index (χ3n) is 4.86. The number of rotatable bonds is 5. The standard InChI is InChI=1S/C18H30N2O3/c1-12(2)20-8-6-15(7-9-20)17(21)19-11-18(5,22)16-10-13(3)23-14(16)4/h10,12,15,22H,6-9,11H2,1-5H3,(H,19,21). The lowest BCUT2D eigenvalue weighted by Crippen LogP contribution is -2.45. The van der Waals surface area contributed by atoms with Gasteiger partial charge in [0.15, 0.2) is 0 Å². The molecule has 130 valence electrons. The van der Waals surface area contributed by atoms with E-state index in [2.05, 4.69) is 24.1 Å². The van der Waals surface area contributed by atoms with Gasteiger partial charge in [-0.05, 0) is 66.6 Å². The Bertz CT molecular complexity index is 540. The molecule has 0 radical (unpaired) electrons. The Balaban J connectivity index is 1.88. The molecule has 1 fully saturated rings. The van der Waals surface area contributed by atoms with Crippen LogP contribution in [0.5, 0.6) is 0 Å². The van der Waals surface area contributed by atoms with Crippen LogP contribution in [0.3, 0.4) is 0 Å². The zero-order valence-electron chi connectivity index (χ0n) is 15.0. The van der Waals surface area contributed by atoms with Crippen LogP contribution in [0.2, 0.25) is 0 Å². The lowest BCUT2D eigenvalue weighted by atomic mass is 9.93. The average Bonchev–Trinajstić information content (AvgIpc) is 2.84. The van der Waals surface area contributed by atoms with Crippen molar-refractivity contribution in [1.82, 2.24) is 10.2 Å². The number of aliphatic hydroxyl groups is 1. The zero-order valence-corrected chi connectivity index (χ0v) is 15.0. The van der Waals surface area contributed by atoms with Gasteiger partial charge in [-0.3, -0.25) is 4.79 Å².